The highest BCUT2D eigenvalue weighted by Crippen LogP contribution is 2.28. The molecule has 188 valence electrons. The standard InChI is InChI=1S/C17H30N6O10/c18-9(15(32)22-6(4-25)14(31)20-1-2-24)10(27)7-3-21-17(19)23(7)16-13(30)12(29)11(28)8(5-26)33-16/h2,6-13,16,25-30H,1,3-5,18H2,(H2,19,21)(H,20,31)(H,22,32). The number of hydrogen-bond donors (Lipinski definition) is 10. The van der Waals surface area contributed by atoms with E-state index in [2.05, 4.69) is 15.6 Å². The van der Waals surface area contributed by atoms with Gasteiger partial charge in [0, 0.05) is 0 Å². The van der Waals surface area contributed by atoms with Crippen molar-refractivity contribution < 1.29 is 49.8 Å². The Labute approximate surface area is 187 Å². The molecule has 2 aliphatic heterocycles. The van der Waals surface area contributed by atoms with Crippen molar-refractivity contribution in [2.24, 2.45) is 16.5 Å². The molecule has 0 radical (unpaired) electrons. The zero-order valence-corrected chi connectivity index (χ0v) is 17.5. The normalized spacial score (nSPS) is 32.5. The average Bonchev–Trinajstić information content (AvgIpc) is 3.19. The number of nitrogens with two attached hydrogens (primary N) is 2. The minimum atomic E-state index is -1.73. The minimum absolute atomic E-state index is 0.188. The first kappa shape index (κ1) is 26.8. The van der Waals surface area contributed by atoms with Crippen LogP contribution in [0.2, 0.25) is 0 Å². The van der Waals surface area contributed by atoms with E-state index in [1.807, 2.05) is 0 Å². The van der Waals surface area contributed by atoms with Gasteiger partial charge < -0.3 is 67.2 Å². The summed E-state index contributed by atoms with van der Waals surface area (Å²) in [5.41, 5.74) is 11.7. The first-order valence-electron chi connectivity index (χ1n) is 10.0. The summed E-state index contributed by atoms with van der Waals surface area (Å²) in [7, 11) is 0. The summed E-state index contributed by atoms with van der Waals surface area (Å²) in [5.74, 6) is -2.10. The summed E-state index contributed by atoms with van der Waals surface area (Å²) < 4.78 is 5.44. The molecule has 0 bridgehead atoms. The van der Waals surface area contributed by atoms with E-state index in [1.165, 1.54) is 0 Å². The zero-order valence-electron chi connectivity index (χ0n) is 17.5. The Bertz CT molecular complexity index is 739. The molecule has 0 saturated carbocycles. The van der Waals surface area contributed by atoms with Gasteiger partial charge in [0.15, 0.2) is 12.2 Å². The van der Waals surface area contributed by atoms with E-state index >= 15 is 0 Å². The Morgan fingerprint density at radius 1 is 1.21 bits per heavy atom. The summed E-state index contributed by atoms with van der Waals surface area (Å²) in [6.07, 6.45) is -9.08. The van der Waals surface area contributed by atoms with E-state index in [0.717, 1.165) is 4.90 Å². The van der Waals surface area contributed by atoms with Crippen molar-refractivity contribution in [3.63, 3.8) is 0 Å². The third-order valence-electron chi connectivity index (χ3n) is 5.44. The molecular formula is C17H30N6O10. The van der Waals surface area contributed by atoms with Crippen LogP contribution in [0.1, 0.15) is 0 Å². The number of aliphatic hydroxyl groups is 6. The molecule has 9 atom stereocenters. The Morgan fingerprint density at radius 2 is 1.88 bits per heavy atom. The van der Waals surface area contributed by atoms with Crippen molar-refractivity contribution in [3.05, 3.63) is 0 Å². The number of carbonyl (C=O) groups is 3. The lowest BCUT2D eigenvalue weighted by Crippen LogP contribution is -2.68. The van der Waals surface area contributed by atoms with Gasteiger partial charge in [0.2, 0.25) is 11.8 Å². The van der Waals surface area contributed by atoms with Gasteiger partial charge in [-0.15, -0.1) is 0 Å². The van der Waals surface area contributed by atoms with Gasteiger partial charge in [-0.05, 0) is 0 Å². The lowest BCUT2D eigenvalue weighted by molar-refractivity contribution is -0.260. The SMILES string of the molecule is NC1=NCC(C(O)C(N)C(=O)NC(CO)C(=O)NCC=O)N1C1OC(CO)C(O)C(O)C1O. The van der Waals surface area contributed by atoms with Gasteiger partial charge in [-0.1, -0.05) is 0 Å². The molecule has 2 heterocycles. The highest BCUT2D eigenvalue weighted by Gasteiger charge is 2.50. The number of rotatable bonds is 10. The molecule has 1 saturated heterocycles. The molecule has 33 heavy (non-hydrogen) atoms. The van der Waals surface area contributed by atoms with Gasteiger partial charge in [0.25, 0.3) is 0 Å². The predicted octanol–water partition coefficient (Wildman–Crippen LogP) is -7.73. The van der Waals surface area contributed by atoms with Crippen molar-refractivity contribution in [1.82, 2.24) is 15.5 Å². The maximum Gasteiger partial charge on any atom is 0.245 e. The minimum Gasteiger partial charge on any atom is -0.394 e. The van der Waals surface area contributed by atoms with E-state index in [1.54, 1.807) is 0 Å². The van der Waals surface area contributed by atoms with Gasteiger partial charge >= 0.3 is 0 Å². The van der Waals surface area contributed by atoms with Crippen LogP contribution in [0.3, 0.4) is 0 Å². The van der Waals surface area contributed by atoms with E-state index in [4.69, 9.17) is 16.2 Å². The van der Waals surface area contributed by atoms with Crippen molar-refractivity contribution in [3.8, 4) is 0 Å². The lowest BCUT2D eigenvalue weighted by atomic mass is 9.95. The molecule has 0 aliphatic carbocycles. The second kappa shape index (κ2) is 11.6. The van der Waals surface area contributed by atoms with Gasteiger partial charge in [-0.2, -0.15) is 0 Å². The first-order chi connectivity index (χ1) is 15.6. The molecule has 16 heteroatoms. The Kier molecular flexibility index (Phi) is 9.44. The summed E-state index contributed by atoms with van der Waals surface area (Å²) >= 11 is 0. The smallest absolute Gasteiger partial charge is 0.245 e. The summed E-state index contributed by atoms with van der Waals surface area (Å²) in [5, 5.41) is 64.1. The zero-order chi connectivity index (χ0) is 24.9. The second-order valence-corrected chi connectivity index (χ2v) is 7.56. The molecule has 9 unspecified atom stereocenters. The fourth-order valence-electron chi connectivity index (χ4n) is 3.55. The van der Waals surface area contributed by atoms with Gasteiger partial charge in [-0.25, -0.2) is 0 Å². The molecule has 0 spiro atoms. The fourth-order valence-corrected chi connectivity index (χ4v) is 3.55. The predicted molar refractivity (Wildman–Crippen MR) is 108 cm³/mol. The molecule has 0 aromatic heterocycles. The monoisotopic (exact) mass is 478 g/mol. The number of aliphatic imine (C=N–C) groups is 1. The van der Waals surface area contributed by atoms with Crippen LogP contribution in [-0.2, 0) is 19.1 Å². The number of nitrogens with zero attached hydrogens (tertiary/aromatic N) is 2. The number of amides is 2. The first-order valence-corrected chi connectivity index (χ1v) is 10.0. The van der Waals surface area contributed by atoms with Crippen LogP contribution in [-0.4, -0.2) is 141 Å². The summed E-state index contributed by atoms with van der Waals surface area (Å²) in [4.78, 5) is 39.7. The number of guanidine groups is 1. The highest BCUT2D eigenvalue weighted by atomic mass is 16.6. The number of ether oxygens (including phenoxy) is 1. The maximum atomic E-state index is 12.5. The van der Waals surface area contributed by atoms with E-state index in [9.17, 15) is 45.0 Å². The largest absolute Gasteiger partial charge is 0.394 e. The number of aliphatic hydroxyl groups excluding tert-OH is 6. The third-order valence-corrected chi connectivity index (χ3v) is 5.44. The molecule has 0 aromatic carbocycles. The quantitative estimate of drug-likeness (QED) is 0.131. The number of carbonyl (C=O) groups excluding carboxylic acids is 3. The molecule has 0 aromatic rings. The maximum absolute atomic E-state index is 12.5. The van der Waals surface area contributed by atoms with E-state index < -0.39 is 79.9 Å². The third kappa shape index (κ3) is 5.74. The molecule has 2 amide bonds. The second-order valence-electron chi connectivity index (χ2n) is 7.56. The number of aldehydes is 1. The van der Waals surface area contributed by atoms with Crippen molar-refractivity contribution in [2.45, 2.75) is 54.9 Å². The van der Waals surface area contributed by atoms with Crippen molar-refractivity contribution >= 4 is 24.1 Å². The van der Waals surface area contributed by atoms with Crippen LogP contribution in [0.5, 0.6) is 0 Å². The van der Waals surface area contributed by atoms with Crippen molar-refractivity contribution in [1.29, 1.82) is 0 Å². The topological polar surface area (TPSA) is 274 Å². The summed E-state index contributed by atoms with van der Waals surface area (Å²) in [6, 6.07) is -4.25. The molecule has 1 fully saturated rings. The van der Waals surface area contributed by atoms with Crippen molar-refractivity contribution in [2.75, 3.05) is 26.3 Å². The molecule has 16 nitrogen and oxygen atoms in total. The van der Waals surface area contributed by atoms with Crippen LogP contribution in [0.15, 0.2) is 4.99 Å². The Balaban J connectivity index is 2.13. The number of hydrogen-bond acceptors (Lipinski definition) is 14. The average molecular weight is 478 g/mol. The van der Waals surface area contributed by atoms with Crippen LogP contribution < -0.4 is 22.1 Å². The number of nitrogens with one attached hydrogen (secondary N) is 2. The van der Waals surface area contributed by atoms with Crippen LogP contribution in [0, 0.1) is 0 Å². The van der Waals surface area contributed by atoms with Gasteiger partial charge in [-0.3, -0.25) is 14.6 Å². The van der Waals surface area contributed by atoms with Gasteiger partial charge in [0.05, 0.1) is 32.3 Å². The molecule has 2 aliphatic rings. The van der Waals surface area contributed by atoms with Gasteiger partial charge in [0.1, 0.15) is 48.9 Å². The lowest BCUT2D eigenvalue weighted by Gasteiger charge is -2.46. The van der Waals surface area contributed by atoms with E-state index in [-0.39, 0.29) is 19.0 Å². The summed E-state index contributed by atoms with van der Waals surface area (Å²) in [6.45, 7) is -2.04. The fraction of sp³-hybridized carbons (Fsp3) is 0.765. The Hall–Kier alpha value is -2.44. The Morgan fingerprint density at radius 3 is 2.45 bits per heavy atom. The van der Waals surface area contributed by atoms with E-state index in [0.29, 0.717) is 6.29 Å². The van der Waals surface area contributed by atoms with Crippen LogP contribution >= 0.6 is 0 Å². The highest BCUT2D eigenvalue weighted by molar-refractivity contribution is 5.91. The molecular weight excluding hydrogens is 448 g/mol. The van der Waals surface area contributed by atoms with Crippen LogP contribution in [0.4, 0.5) is 0 Å². The molecule has 2 rings (SSSR count). The van der Waals surface area contributed by atoms with Crippen LogP contribution in [0.25, 0.3) is 0 Å². The molecule has 12 N–H and O–H groups in total.